The zero-order valence-electron chi connectivity index (χ0n) is 13.4. The Kier molecular flexibility index (Phi) is 5.44. The van der Waals surface area contributed by atoms with Gasteiger partial charge in [0.15, 0.2) is 5.79 Å². The van der Waals surface area contributed by atoms with Gasteiger partial charge in [-0.25, -0.2) is 5.43 Å². The van der Waals surface area contributed by atoms with Gasteiger partial charge in [0.05, 0.1) is 35.9 Å². The predicted octanol–water partition coefficient (Wildman–Crippen LogP) is 3.86. The van der Waals surface area contributed by atoms with E-state index in [1.807, 2.05) is 0 Å². The summed E-state index contributed by atoms with van der Waals surface area (Å²) in [4.78, 5) is 11.8. The summed E-state index contributed by atoms with van der Waals surface area (Å²) in [5, 5.41) is 4.80. The molecule has 2 aromatic rings. The number of furan rings is 1. The lowest BCUT2D eigenvalue weighted by atomic mass is 10.2. The molecule has 6 nitrogen and oxygen atoms in total. The van der Waals surface area contributed by atoms with Crippen LogP contribution in [-0.2, 0) is 14.3 Å². The van der Waals surface area contributed by atoms with Gasteiger partial charge >= 0.3 is 0 Å². The largest absolute Gasteiger partial charge is 0.455 e. The highest BCUT2D eigenvalue weighted by molar-refractivity contribution is 6.42. The van der Waals surface area contributed by atoms with E-state index in [-0.39, 0.29) is 12.3 Å². The number of ether oxygens (including phenoxy) is 2. The van der Waals surface area contributed by atoms with Crippen molar-refractivity contribution in [2.24, 2.45) is 5.10 Å². The number of carbonyl (C=O) groups excluding carboxylic acids is 1. The molecule has 0 spiro atoms. The Morgan fingerprint density at radius 1 is 1.24 bits per heavy atom. The van der Waals surface area contributed by atoms with Crippen molar-refractivity contribution >= 4 is 35.3 Å². The van der Waals surface area contributed by atoms with Crippen LogP contribution in [0.4, 0.5) is 0 Å². The molecule has 0 bridgehead atoms. The van der Waals surface area contributed by atoms with Crippen LogP contribution in [0.1, 0.15) is 19.1 Å². The summed E-state index contributed by atoms with van der Waals surface area (Å²) >= 11 is 11.9. The van der Waals surface area contributed by atoms with E-state index in [0.717, 1.165) is 5.56 Å². The van der Waals surface area contributed by atoms with Crippen molar-refractivity contribution in [2.45, 2.75) is 19.1 Å². The molecule has 8 heteroatoms. The van der Waals surface area contributed by atoms with Gasteiger partial charge in [-0.15, -0.1) is 0 Å². The minimum Gasteiger partial charge on any atom is -0.455 e. The number of carbonyl (C=O) groups is 1. The normalized spacial score (nSPS) is 16.4. The summed E-state index contributed by atoms with van der Waals surface area (Å²) in [5.74, 6) is -0.0878. The number of hydrogen-bond donors (Lipinski definition) is 1. The first-order chi connectivity index (χ1) is 12.0. The summed E-state index contributed by atoms with van der Waals surface area (Å²) in [7, 11) is 0. The molecule has 1 aliphatic heterocycles. The summed E-state index contributed by atoms with van der Waals surface area (Å²) in [5.41, 5.74) is 3.21. The smallest absolute Gasteiger partial charge is 0.245 e. The van der Waals surface area contributed by atoms with Crippen molar-refractivity contribution in [1.29, 1.82) is 0 Å². The second kappa shape index (κ2) is 7.58. The maximum atomic E-state index is 11.8. The van der Waals surface area contributed by atoms with Crippen molar-refractivity contribution in [3.05, 3.63) is 46.1 Å². The maximum absolute atomic E-state index is 11.8. The van der Waals surface area contributed by atoms with Crippen LogP contribution in [0.15, 0.2) is 39.9 Å². The first kappa shape index (κ1) is 17.9. The standard InChI is InChI=1S/C17H16Cl2N2O4/c1-17(23-6-7-24-17)9-16(22)21-20-10-12-3-5-15(25-12)11-2-4-13(18)14(19)8-11/h2-5,8,10H,6-7,9H2,1H3,(H,21,22)/b20-10+. The first-order valence-electron chi connectivity index (χ1n) is 7.60. The lowest BCUT2D eigenvalue weighted by Crippen LogP contribution is -2.33. The molecule has 25 heavy (non-hydrogen) atoms. The number of hydrazone groups is 1. The number of amides is 1. The quantitative estimate of drug-likeness (QED) is 0.629. The highest BCUT2D eigenvalue weighted by Crippen LogP contribution is 2.29. The number of nitrogens with one attached hydrogen (secondary N) is 1. The molecule has 1 fully saturated rings. The van der Waals surface area contributed by atoms with Crippen LogP contribution < -0.4 is 5.43 Å². The highest BCUT2D eigenvalue weighted by Gasteiger charge is 2.33. The summed E-state index contributed by atoms with van der Waals surface area (Å²) < 4.78 is 16.4. The fraction of sp³-hybridized carbons (Fsp3) is 0.294. The second-order valence-electron chi connectivity index (χ2n) is 5.63. The van der Waals surface area contributed by atoms with E-state index in [1.54, 1.807) is 37.3 Å². The molecule has 1 N–H and O–H groups in total. The van der Waals surface area contributed by atoms with Gasteiger partial charge in [-0.3, -0.25) is 4.79 Å². The number of rotatable bonds is 5. The lowest BCUT2D eigenvalue weighted by Gasteiger charge is -2.20. The van der Waals surface area contributed by atoms with Crippen LogP contribution in [0.3, 0.4) is 0 Å². The molecule has 1 aliphatic rings. The van der Waals surface area contributed by atoms with Crippen LogP contribution in [-0.4, -0.2) is 31.1 Å². The van der Waals surface area contributed by atoms with Gasteiger partial charge in [0.1, 0.15) is 11.5 Å². The van der Waals surface area contributed by atoms with Crippen LogP contribution in [0, 0.1) is 0 Å². The average molecular weight is 383 g/mol. The minimum absolute atomic E-state index is 0.0665. The summed E-state index contributed by atoms with van der Waals surface area (Å²) in [6.45, 7) is 2.69. The molecule has 1 amide bonds. The minimum atomic E-state index is -0.884. The maximum Gasteiger partial charge on any atom is 0.245 e. The Bertz CT molecular complexity index is 798. The molecule has 132 valence electrons. The van der Waals surface area contributed by atoms with E-state index in [4.69, 9.17) is 37.1 Å². The third kappa shape index (κ3) is 4.61. The third-order valence-corrected chi connectivity index (χ3v) is 4.33. The van der Waals surface area contributed by atoms with E-state index in [9.17, 15) is 4.79 Å². The van der Waals surface area contributed by atoms with Gasteiger partial charge in [0.2, 0.25) is 5.91 Å². The molecule has 1 aromatic heterocycles. The van der Waals surface area contributed by atoms with E-state index >= 15 is 0 Å². The Hall–Kier alpha value is -1.86. The molecule has 0 unspecified atom stereocenters. The molecule has 0 aliphatic carbocycles. The van der Waals surface area contributed by atoms with Gasteiger partial charge < -0.3 is 13.9 Å². The van der Waals surface area contributed by atoms with E-state index < -0.39 is 5.79 Å². The number of halogens is 2. The van der Waals surface area contributed by atoms with Crippen molar-refractivity contribution < 1.29 is 18.7 Å². The average Bonchev–Trinajstić information content (AvgIpc) is 3.19. The van der Waals surface area contributed by atoms with Gasteiger partial charge in [-0.2, -0.15) is 5.10 Å². The Morgan fingerprint density at radius 2 is 2.00 bits per heavy atom. The van der Waals surface area contributed by atoms with Crippen molar-refractivity contribution in [1.82, 2.24) is 5.43 Å². The third-order valence-electron chi connectivity index (χ3n) is 3.59. The number of nitrogens with zero attached hydrogens (tertiary/aromatic N) is 1. The molecule has 1 saturated heterocycles. The van der Waals surface area contributed by atoms with Crippen molar-refractivity contribution in [3.63, 3.8) is 0 Å². The second-order valence-corrected chi connectivity index (χ2v) is 6.45. The monoisotopic (exact) mass is 382 g/mol. The molecule has 0 atom stereocenters. The molecule has 2 heterocycles. The predicted molar refractivity (Wildman–Crippen MR) is 94.8 cm³/mol. The molecule has 3 rings (SSSR count). The van der Waals surface area contributed by atoms with E-state index in [0.29, 0.717) is 34.8 Å². The van der Waals surface area contributed by atoms with Gasteiger partial charge in [0.25, 0.3) is 0 Å². The fourth-order valence-corrected chi connectivity index (χ4v) is 2.68. The topological polar surface area (TPSA) is 73.1 Å². The van der Waals surface area contributed by atoms with Crippen molar-refractivity contribution in [2.75, 3.05) is 13.2 Å². The van der Waals surface area contributed by atoms with Gasteiger partial charge in [-0.05, 0) is 37.3 Å². The highest BCUT2D eigenvalue weighted by atomic mass is 35.5. The molecule has 0 radical (unpaired) electrons. The van der Waals surface area contributed by atoms with E-state index in [1.165, 1.54) is 6.21 Å². The van der Waals surface area contributed by atoms with Gasteiger partial charge in [0, 0.05) is 5.56 Å². The summed E-state index contributed by atoms with van der Waals surface area (Å²) in [6, 6.07) is 8.73. The Morgan fingerprint density at radius 3 is 2.72 bits per heavy atom. The lowest BCUT2D eigenvalue weighted by molar-refractivity contribution is -0.159. The van der Waals surface area contributed by atoms with Crippen LogP contribution in [0.25, 0.3) is 11.3 Å². The zero-order chi connectivity index (χ0) is 17.9. The Balaban J connectivity index is 1.58. The first-order valence-corrected chi connectivity index (χ1v) is 8.36. The van der Waals surface area contributed by atoms with E-state index in [2.05, 4.69) is 10.5 Å². The van der Waals surface area contributed by atoms with Crippen LogP contribution in [0.2, 0.25) is 10.0 Å². The summed E-state index contributed by atoms with van der Waals surface area (Å²) in [6.07, 6.45) is 1.48. The SMILES string of the molecule is CC1(CC(=O)N/N=C/c2ccc(-c3ccc(Cl)c(Cl)c3)o2)OCCO1. The van der Waals surface area contributed by atoms with Gasteiger partial charge in [-0.1, -0.05) is 23.2 Å². The molecule has 0 saturated carbocycles. The number of hydrogen-bond acceptors (Lipinski definition) is 5. The van der Waals surface area contributed by atoms with Crippen LogP contribution >= 0.6 is 23.2 Å². The Labute approximate surface area is 154 Å². The van der Waals surface area contributed by atoms with Crippen molar-refractivity contribution in [3.8, 4) is 11.3 Å². The zero-order valence-corrected chi connectivity index (χ0v) is 14.9. The number of benzene rings is 1. The molecular formula is C17H16Cl2N2O4. The van der Waals surface area contributed by atoms with Crippen LogP contribution in [0.5, 0.6) is 0 Å². The molecular weight excluding hydrogens is 367 g/mol. The fourth-order valence-electron chi connectivity index (χ4n) is 2.38. The molecule has 1 aromatic carbocycles.